The normalized spacial score (nSPS) is 12.2. The molecule has 88 valence electrons. The first-order valence-electron chi connectivity index (χ1n) is 5.12. The smallest absolute Gasteiger partial charge is 0.262 e. The second-order valence-corrected chi connectivity index (χ2v) is 4.73. The fraction of sp³-hybridized carbons (Fsp3) is 0.455. The van der Waals surface area contributed by atoms with Crippen LogP contribution in [0.3, 0.4) is 0 Å². The lowest BCUT2D eigenvalue weighted by Crippen LogP contribution is -2.48. The zero-order valence-corrected chi connectivity index (χ0v) is 10.4. The van der Waals surface area contributed by atoms with E-state index in [0.29, 0.717) is 4.88 Å². The lowest BCUT2D eigenvalue weighted by molar-refractivity contribution is -0.123. The van der Waals surface area contributed by atoms with E-state index in [-0.39, 0.29) is 17.7 Å². The second kappa shape index (κ2) is 5.65. The number of hydrogen-bond acceptors (Lipinski definition) is 3. The molecular weight excluding hydrogens is 224 g/mol. The van der Waals surface area contributed by atoms with Gasteiger partial charge < -0.3 is 10.6 Å². The van der Waals surface area contributed by atoms with Crippen molar-refractivity contribution in [1.82, 2.24) is 10.6 Å². The third-order valence-corrected chi connectivity index (χ3v) is 3.10. The van der Waals surface area contributed by atoms with Gasteiger partial charge in [-0.15, -0.1) is 11.3 Å². The summed E-state index contributed by atoms with van der Waals surface area (Å²) in [6, 6.07) is 3.06. The molecule has 0 spiro atoms. The van der Waals surface area contributed by atoms with Gasteiger partial charge in [-0.25, -0.2) is 0 Å². The van der Waals surface area contributed by atoms with Gasteiger partial charge in [0.25, 0.3) is 5.91 Å². The molecule has 4 nitrogen and oxygen atoms in total. The Bertz CT molecular complexity index is 360. The topological polar surface area (TPSA) is 58.2 Å². The number of carbonyl (C=O) groups is 2. The van der Waals surface area contributed by atoms with Gasteiger partial charge in [0.05, 0.1) is 4.88 Å². The maximum absolute atomic E-state index is 11.8. The minimum absolute atomic E-state index is 0.0591. The highest BCUT2D eigenvalue weighted by atomic mass is 32.1. The van der Waals surface area contributed by atoms with Gasteiger partial charge in [0.2, 0.25) is 5.91 Å². The van der Waals surface area contributed by atoms with Crippen LogP contribution in [0.1, 0.15) is 23.5 Å². The fourth-order valence-corrected chi connectivity index (χ4v) is 1.94. The molecule has 1 aromatic rings. The predicted molar refractivity (Wildman–Crippen MR) is 64.5 cm³/mol. The van der Waals surface area contributed by atoms with Crippen molar-refractivity contribution in [3.05, 3.63) is 22.4 Å². The lowest BCUT2D eigenvalue weighted by Gasteiger charge is -2.20. The Morgan fingerprint density at radius 1 is 1.38 bits per heavy atom. The highest BCUT2D eigenvalue weighted by Gasteiger charge is 2.23. The van der Waals surface area contributed by atoms with Crippen LogP contribution in [0, 0.1) is 5.92 Å². The summed E-state index contributed by atoms with van der Waals surface area (Å²) in [7, 11) is 1.56. The van der Waals surface area contributed by atoms with Crippen molar-refractivity contribution in [2.75, 3.05) is 7.05 Å². The molecule has 0 fully saturated rings. The molecule has 1 atom stereocenters. The summed E-state index contributed by atoms with van der Waals surface area (Å²) in [5.74, 6) is -0.305. The largest absolute Gasteiger partial charge is 0.357 e. The maximum Gasteiger partial charge on any atom is 0.262 e. The Kier molecular flexibility index (Phi) is 4.49. The molecule has 1 heterocycles. The average molecular weight is 240 g/mol. The van der Waals surface area contributed by atoms with E-state index in [1.807, 2.05) is 25.3 Å². The summed E-state index contributed by atoms with van der Waals surface area (Å²) in [5, 5.41) is 7.11. The van der Waals surface area contributed by atoms with Crippen LogP contribution in [0.15, 0.2) is 17.5 Å². The van der Waals surface area contributed by atoms with Crippen molar-refractivity contribution in [1.29, 1.82) is 0 Å². The third kappa shape index (κ3) is 3.06. The van der Waals surface area contributed by atoms with E-state index < -0.39 is 6.04 Å². The highest BCUT2D eigenvalue weighted by Crippen LogP contribution is 2.10. The molecular formula is C11H16N2O2S. The summed E-state index contributed by atoms with van der Waals surface area (Å²) in [6.45, 7) is 3.79. The molecule has 0 aliphatic carbocycles. The quantitative estimate of drug-likeness (QED) is 0.832. The third-order valence-electron chi connectivity index (χ3n) is 2.23. The fourth-order valence-electron chi connectivity index (χ4n) is 1.31. The van der Waals surface area contributed by atoms with Crippen LogP contribution in [0.2, 0.25) is 0 Å². The van der Waals surface area contributed by atoms with E-state index in [2.05, 4.69) is 10.6 Å². The summed E-state index contributed by atoms with van der Waals surface area (Å²) < 4.78 is 0. The van der Waals surface area contributed by atoms with Gasteiger partial charge in [0, 0.05) is 7.05 Å². The minimum atomic E-state index is -0.486. The summed E-state index contributed by atoms with van der Waals surface area (Å²) in [6.07, 6.45) is 0. The number of nitrogens with one attached hydrogen (secondary N) is 2. The molecule has 2 N–H and O–H groups in total. The van der Waals surface area contributed by atoms with E-state index in [9.17, 15) is 9.59 Å². The summed E-state index contributed by atoms with van der Waals surface area (Å²) in [4.78, 5) is 23.9. The summed E-state index contributed by atoms with van der Waals surface area (Å²) >= 11 is 1.36. The van der Waals surface area contributed by atoms with E-state index in [1.165, 1.54) is 11.3 Å². The Hall–Kier alpha value is -1.36. The minimum Gasteiger partial charge on any atom is -0.357 e. The number of likely N-dealkylation sites (N-methyl/N-ethyl adjacent to an activating group) is 1. The predicted octanol–water partition coefficient (Wildman–Crippen LogP) is 1.25. The number of thiophene rings is 1. The van der Waals surface area contributed by atoms with Gasteiger partial charge in [-0.1, -0.05) is 19.9 Å². The van der Waals surface area contributed by atoms with Crippen molar-refractivity contribution < 1.29 is 9.59 Å². The van der Waals surface area contributed by atoms with Crippen molar-refractivity contribution in [2.24, 2.45) is 5.92 Å². The van der Waals surface area contributed by atoms with Crippen molar-refractivity contribution in [2.45, 2.75) is 19.9 Å². The van der Waals surface area contributed by atoms with Gasteiger partial charge >= 0.3 is 0 Å². The second-order valence-electron chi connectivity index (χ2n) is 3.79. The Balaban J connectivity index is 2.69. The molecule has 0 saturated carbocycles. The van der Waals surface area contributed by atoms with Crippen LogP contribution < -0.4 is 10.6 Å². The van der Waals surface area contributed by atoms with Gasteiger partial charge in [0.15, 0.2) is 0 Å². The number of amides is 2. The van der Waals surface area contributed by atoms with Crippen LogP contribution >= 0.6 is 11.3 Å². The van der Waals surface area contributed by atoms with Crippen LogP contribution in [0.4, 0.5) is 0 Å². The van der Waals surface area contributed by atoms with Gasteiger partial charge in [-0.3, -0.25) is 9.59 Å². The molecule has 16 heavy (non-hydrogen) atoms. The maximum atomic E-state index is 11.8. The molecule has 0 bridgehead atoms. The monoisotopic (exact) mass is 240 g/mol. The molecule has 1 aromatic heterocycles. The zero-order chi connectivity index (χ0) is 12.1. The SMILES string of the molecule is CNC(=O)C(NC(=O)c1cccs1)C(C)C. The first kappa shape index (κ1) is 12.7. The number of hydrogen-bond donors (Lipinski definition) is 2. The molecule has 0 radical (unpaired) electrons. The van der Waals surface area contributed by atoms with Crippen LogP contribution in [-0.4, -0.2) is 24.9 Å². The van der Waals surface area contributed by atoms with Crippen LogP contribution in [0.5, 0.6) is 0 Å². The Labute approximate surface area is 99.0 Å². The highest BCUT2D eigenvalue weighted by molar-refractivity contribution is 7.12. The zero-order valence-electron chi connectivity index (χ0n) is 9.61. The Morgan fingerprint density at radius 2 is 2.06 bits per heavy atom. The van der Waals surface area contributed by atoms with Gasteiger partial charge in [0.1, 0.15) is 6.04 Å². The molecule has 1 rings (SSSR count). The number of carbonyl (C=O) groups excluding carboxylic acids is 2. The molecule has 5 heteroatoms. The molecule has 0 aliphatic heterocycles. The number of rotatable bonds is 4. The summed E-state index contributed by atoms with van der Waals surface area (Å²) in [5.41, 5.74) is 0. The van der Waals surface area contributed by atoms with Crippen LogP contribution in [-0.2, 0) is 4.79 Å². The van der Waals surface area contributed by atoms with E-state index in [1.54, 1.807) is 13.1 Å². The van der Waals surface area contributed by atoms with E-state index in [0.717, 1.165) is 0 Å². The molecule has 2 amide bonds. The standard InChI is InChI=1S/C11H16N2O2S/c1-7(2)9(11(15)12-3)13-10(14)8-5-4-6-16-8/h4-7,9H,1-3H3,(H,12,15)(H,13,14). The Morgan fingerprint density at radius 3 is 2.50 bits per heavy atom. The van der Waals surface area contributed by atoms with E-state index in [4.69, 9.17) is 0 Å². The van der Waals surface area contributed by atoms with Crippen molar-refractivity contribution in [3.8, 4) is 0 Å². The molecule has 0 aromatic carbocycles. The van der Waals surface area contributed by atoms with Crippen molar-refractivity contribution >= 4 is 23.2 Å². The molecule has 0 saturated heterocycles. The lowest BCUT2D eigenvalue weighted by atomic mass is 10.0. The molecule has 0 aliphatic rings. The first-order valence-corrected chi connectivity index (χ1v) is 6.00. The van der Waals surface area contributed by atoms with Gasteiger partial charge in [-0.05, 0) is 17.4 Å². The van der Waals surface area contributed by atoms with Crippen molar-refractivity contribution in [3.63, 3.8) is 0 Å². The first-order chi connectivity index (χ1) is 7.56. The van der Waals surface area contributed by atoms with Gasteiger partial charge in [-0.2, -0.15) is 0 Å². The average Bonchev–Trinajstić information content (AvgIpc) is 2.77. The van der Waals surface area contributed by atoms with Crippen LogP contribution in [0.25, 0.3) is 0 Å². The van der Waals surface area contributed by atoms with E-state index >= 15 is 0 Å². The molecule has 1 unspecified atom stereocenters.